The SMILES string of the molecule is O=C(C[C@H]1CC2(CCN(CC3CC3)CC2)c2ccccc21)NC1CC1. The molecule has 0 unspecified atom stereocenters. The van der Waals surface area contributed by atoms with E-state index in [9.17, 15) is 4.79 Å². The van der Waals surface area contributed by atoms with Gasteiger partial charge in [-0.1, -0.05) is 24.3 Å². The molecule has 2 saturated carbocycles. The molecule has 0 radical (unpaired) electrons. The van der Waals surface area contributed by atoms with Crippen molar-refractivity contribution in [1.82, 2.24) is 10.2 Å². The molecule has 0 aromatic heterocycles. The molecular weight excluding hydrogens is 308 g/mol. The summed E-state index contributed by atoms with van der Waals surface area (Å²) in [4.78, 5) is 15.1. The molecule has 3 nitrogen and oxygen atoms in total. The summed E-state index contributed by atoms with van der Waals surface area (Å²) >= 11 is 0. The predicted octanol–water partition coefficient (Wildman–Crippen LogP) is 3.59. The van der Waals surface area contributed by atoms with Gasteiger partial charge in [-0.15, -0.1) is 0 Å². The van der Waals surface area contributed by atoms with E-state index < -0.39 is 0 Å². The molecule has 1 N–H and O–H groups in total. The van der Waals surface area contributed by atoms with Gasteiger partial charge in [0.2, 0.25) is 5.91 Å². The second kappa shape index (κ2) is 6.12. The third kappa shape index (κ3) is 3.23. The Morgan fingerprint density at radius 2 is 1.88 bits per heavy atom. The molecule has 25 heavy (non-hydrogen) atoms. The molecule has 1 aromatic rings. The zero-order chi connectivity index (χ0) is 16.9. The normalized spacial score (nSPS) is 28.1. The summed E-state index contributed by atoms with van der Waals surface area (Å²) in [5.41, 5.74) is 3.36. The Labute approximate surface area is 151 Å². The zero-order valence-corrected chi connectivity index (χ0v) is 15.2. The lowest BCUT2D eigenvalue weighted by Crippen LogP contribution is -2.42. The number of nitrogens with zero attached hydrogens (tertiary/aromatic N) is 1. The highest BCUT2D eigenvalue weighted by Gasteiger charge is 2.46. The van der Waals surface area contributed by atoms with E-state index in [4.69, 9.17) is 0 Å². The standard InChI is InChI=1S/C22H30N2O/c25-21(23-18-7-8-18)13-17-14-22(20-4-2-1-3-19(17)20)9-11-24(12-10-22)15-16-5-6-16/h1-4,16-18H,5-15H2,(H,23,25)/t17-/m0/s1. The van der Waals surface area contributed by atoms with E-state index in [1.165, 1.54) is 70.1 Å². The predicted molar refractivity (Wildman–Crippen MR) is 99.7 cm³/mol. The Kier molecular flexibility index (Phi) is 3.89. The number of benzene rings is 1. The topological polar surface area (TPSA) is 32.3 Å². The van der Waals surface area contributed by atoms with Crippen molar-refractivity contribution >= 4 is 5.91 Å². The Hall–Kier alpha value is -1.35. The van der Waals surface area contributed by atoms with E-state index in [0.717, 1.165) is 5.92 Å². The fourth-order valence-electron chi connectivity index (χ4n) is 5.25. The first-order chi connectivity index (χ1) is 12.2. The highest BCUT2D eigenvalue weighted by Crippen LogP contribution is 2.52. The average molecular weight is 338 g/mol. The van der Waals surface area contributed by atoms with Crippen LogP contribution in [0.2, 0.25) is 0 Å². The molecule has 0 bridgehead atoms. The van der Waals surface area contributed by atoms with Gasteiger partial charge in [0.1, 0.15) is 0 Å². The van der Waals surface area contributed by atoms with Crippen LogP contribution in [0.25, 0.3) is 0 Å². The third-order valence-electron chi connectivity index (χ3n) is 7.01. The number of hydrogen-bond donors (Lipinski definition) is 1. The van der Waals surface area contributed by atoms with Crippen LogP contribution in [0.4, 0.5) is 0 Å². The molecule has 1 atom stereocenters. The van der Waals surface area contributed by atoms with Gasteiger partial charge >= 0.3 is 0 Å². The smallest absolute Gasteiger partial charge is 0.220 e. The van der Waals surface area contributed by atoms with Crippen molar-refractivity contribution in [3.63, 3.8) is 0 Å². The van der Waals surface area contributed by atoms with Gasteiger partial charge in [0.05, 0.1) is 0 Å². The first-order valence-corrected chi connectivity index (χ1v) is 10.3. The lowest BCUT2D eigenvalue weighted by Gasteiger charge is -2.40. The number of amides is 1. The van der Waals surface area contributed by atoms with Crippen molar-refractivity contribution in [2.45, 2.75) is 68.7 Å². The average Bonchev–Trinajstić information content (AvgIpc) is 3.54. The van der Waals surface area contributed by atoms with Crippen LogP contribution in [-0.2, 0) is 10.2 Å². The Bertz CT molecular complexity index is 654. The largest absolute Gasteiger partial charge is 0.353 e. The molecule has 3 fully saturated rings. The van der Waals surface area contributed by atoms with Gasteiger partial charge in [-0.3, -0.25) is 4.79 Å². The van der Waals surface area contributed by atoms with Gasteiger partial charge in [-0.25, -0.2) is 0 Å². The summed E-state index contributed by atoms with van der Waals surface area (Å²) in [5, 5.41) is 3.19. The maximum Gasteiger partial charge on any atom is 0.220 e. The zero-order valence-electron chi connectivity index (χ0n) is 15.2. The van der Waals surface area contributed by atoms with Gasteiger partial charge in [0.15, 0.2) is 0 Å². The minimum absolute atomic E-state index is 0.269. The van der Waals surface area contributed by atoms with Crippen molar-refractivity contribution in [2.24, 2.45) is 5.92 Å². The number of carbonyl (C=O) groups excluding carboxylic acids is 1. The number of hydrogen-bond acceptors (Lipinski definition) is 2. The van der Waals surface area contributed by atoms with Crippen LogP contribution >= 0.6 is 0 Å². The summed E-state index contributed by atoms with van der Waals surface area (Å²) in [6.45, 7) is 3.81. The third-order valence-corrected chi connectivity index (χ3v) is 7.01. The minimum atomic E-state index is 0.269. The molecule has 1 amide bonds. The number of nitrogens with one attached hydrogen (secondary N) is 1. The summed E-state index contributed by atoms with van der Waals surface area (Å²) < 4.78 is 0. The van der Waals surface area contributed by atoms with E-state index >= 15 is 0 Å². The summed E-state index contributed by atoms with van der Waals surface area (Å²) in [6, 6.07) is 9.47. The molecule has 1 aromatic carbocycles. The maximum atomic E-state index is 12.4. The van der Waals surface area contributed by atoms with Gasteiger partial charge < -0.3 is 10.2 Å². The molecule has 134 valence electrons. The monoisotopic (exact) mass is 338 g/mol. The maximum absolute atomic E-state index is 12.4. The highest BCUT2D eigenvalue weighted by molar-refractivity contribution is 5.78. The van der Waals surface area contributed by atoms with Gasteiger partial charge in [-0.2, -0.15) is 0 Å². The second-order valence-electron chi connectivity index (χ2n) is 9.06. The van der Waals surface area contributed by atoms with Crippen LogP contribution in [0.5, 0.6) is 0 Å². The molecule has 4 aliphatic rings. The Morgan fingerprint density at radius 3 is 2.60 bits per heavy atom. The van der Waals surface area contributed by atoms with E-state index in [0.29, 0.717) is 23.8 Å². The van der Waals surface area contributed by atoms with Crippen molar-refractivity contribution < 1.29 is 4.79 Å². The van der Waals surface area contributed by atoms with Crippen molar-refractivity contribution in [2.75, 3.05) is 19.6 Å². The van der Waals surface area contributed by atoms with Crippen LogP contribution in [0.15, 0.2) is 24.3 Å². The van der Waals surface area contributed by atoms with Gasteiger partial charge in [0.25, 0.3) is 0 Å². The van der Waals surface area contributed by atoms with Crippen molar-refractivity contribution in [1.29, 1.82) is 0 Å². The lowest BCUT2D eigenvalue weighted by molar-refractivity contribution is -0.121. The molecule has 3 aliphatic carbocycles. The van der Waals surface area contributed by atoms with Crippen LogP contribution in [0.3, 0.4) is 0 Å². The summed E-state index contributed by atoms with van der Waals surface area (Å²) in [7, 11) is 0. The number of carbonyl (C=O) groups is 1. The van der Waals surface area contributed by atoms with Crippen LogP contribution < -0.4 is 5.32 Å². The van der Waals surface area contributed by atoms with Crippen LogP contribution in [0, 0.1) is 5.92 Å². The van der Waals surface area contributed by atoms with E-state index in [-0.39, 0.29) is 5.91 Å². The van der Waals surface area contributed by atoms with Crippen LogP contribution in [-0.4, -0.2) is 36.5 Å². The molecule has 1 aliphatic heterocycles. The summed E-state index contributed by atoms with van der Waals surface area (Å²) in [6.07, 6.45) is 9.66. The van der Waals surface area contributed by atoms with E-state index in [1.54, 1.807) is 5.56 Å². The Balaban J connectivity index is 1.30. The Morgan fingerprint density at radius 1 is 1.12 bits per heavy atom. The van der Waals surface area contributed by atoms with Gasteiger partial charge in [-0.05, 0) is 86.4 Å². The second-order valence-corrected chi connectivity index (χ2v) is 9.06. The number of piperidine rings is 1. The molecular formula is C22H30N2O. The first kappa shape index (κ1) is 15.9. The molecule has 1 heterocycles. The minimum Gasteiger partial charge on any atom is -0.353 e. The lowest BCUT2D eigenvalue weighted by atomic mass is 9.73. The first-order valence-electron chi connectivity index (χ1n) is 10.3. The molecule has 3 heteroatoms. The van der Waals surface area contributed by atoms with Crippen LogP contribution in [0.1, 0.15) is 68.4 Å². The van der Waals surface area contributed by atoms with E-state index in [2.05, 4.69) is 34.5 Å². The van der Waals surface area contributed by atoms with Gasteiger partial charge in [0, 0.05) is 19.0 Å². The molecule has 1 saturated heterocycles. The summed E-state index contributed by atoms with van der Waals surface area (Å²) in [5.74, 6) is 1.68. The number of fused-ring (bicyclic) bond motifs is 2. The van der Waals surface area contributed by atoms with E-state index in [1.807, 2.05) is 0 Å². The quantitative estimate of drug-likeness (QED) is 0.890. The molecule has 1 spiro atoms. The fourth-order valence-corrected chi connectivity index (χ4v) is 5.25. The number of rotatable bonds is 5. The number of likely N-dealkylation sites (tertiary alicyclic amines) is 1. The molecule has 5 rings (SSSR count). The van der Waals surface area contributed by atoms with Crippen molar-refractivity contribution in [3.8, 4) is 0 Å². The fraction of sp³-hybridized carbons (Fsp3) is 0.682. The highest BCUT2D eigenvalue weighted by atomic mass is 16.1. The van der Waals surface area contributed by atoms with Crippen molar-refractivity contribution in [3.05, 3.63) is 35.4 Å².